The summed E-state index contributed by atoms with van der Waals surface area (Å²) in [4.78, 5) is 13.0. The summed E-state index contributed by atoms with van der Waals surface area (Å²) in [5, 5.41) is 0. The van der Waals surface area contributed by atoms with Crippen molar-refractivity contribution < 1.29 is 19.0 Å². The molecule has 2 aromatic carbocycles. The minimum Gasteiger partial charge on any atom is -0.496 e. The molecule has 1 heterocycles. The second-order valence-corrected chi connectivity index (χ2v) is 10.8. The molecule has 2 aromatic rings. The normalized spacial score (nSPS) is 19.1. The number of methoxy groups -OCH3 is 2. The minimum atomic E-state index is -0.205. The molecule has 0 saturated heterocycles. The number of carbonyl (C=O) groups is 1. The van der Waals surface area contributed by atoms with E-state index in [0.717, 1.165) is 42.1 Å². The van der Waals surface area contributed by atoms with Crippen molar-refractivity contribution in [3.05, 3.63) is 46.5 Å². The molecule has 0 radical (unpaired) electrons. The van der Waals surface area contributed by atoms with Crippen LogP contribution in [-0.4, -0.2) is 32.5 Å². The molecular formula is C26H31O4P. The van der Waals surface area contributed by atoms with E-state index in [2.05, 4.69) is 31.2 Å². The zero-order valence-corrected chi connectivity index (χ0v) is 19.6. The van der Waals surface area contributed by atoms with Crippen LogP contribution < -0.4 is 9.47 Å². The summed E-state index contributed by atoms with van der Waals surface area (Å²) in [5.74, 6) is 2.33. The van der Waals surface area contributed by atoms with E-state index >= 15 is 0 Å². The smallest absolute Gasteiger partial charge is 0.317 e. The van der Waals surface area contributed by atoms with Crippen molar-refractivity contribution in [2.45, 2.75) is 62.7 Å². The number of carbonyl (C=O) groups excluding carboxylic acids is 1. The maximum atomic E-state index is 13.0. The van der Waals surface area contributed by atoms with Gasteiger partial charge in [0.05, 0.1) is 26.5 Å². The molecule has 5 rings (SSSR count). The van der Waals surface area contributed by atoms with E-state index in [1.165, 1.54) is 55.0 Å². The summed E-state index contributed by atoms with van der Waals surface area (Å²) in [6.07, 6.45) is 6.87. The molecule has 2 fully saturated rings. The van der Waals surface area contributed by atoms with E-state index in [1.807, 2.05) is 0 Å². The number of esters is 1. The molecule has 0 aromatic heterocycles. The summed E-state index contributed by atoms with van der Waals surface area (Å²) >= 11 is 0. The van der Waals surface area contributed by atoms with Crippen molar-refractivity contribution in [3.8, 4) is 22.6 Å². The highest BCUT2D eigenvalue weighted by Crippen LogP contribution is 2.56. The van der Waals surface area contributed by atoms with Crippen LogP contribution in [0.5, 0.6) is 11.5 Å². The Bertz CT molecular complexity index is 1010. The molecule has 2 unspecified atom stereocenters. The van der Waals surface area contributed by atoms with Crippen LogP contribution in [-0.2, 0) is 16.0 Å². The first kappa shape index (κ1) is 20.8. The lowest BCUT2D eigenvalue weighted by Crippen LogP contribution is -2.15. The molecule has 31 heavy (non-hydrogen) atoms. The molecule has 0 N–H and O–H groups in total. The summed E-state index contributed by atoms with van der Waals surface area (Å²) in [6.45, 7) is 2.91. The van der Waals surface area contributed by atoms with Crippen LogP contribution in [0.3, 0.4) is 0 Å². The van der Waals surface area contributed by atoms with E-state index in [-0.39, 0.29) is 11.6 Å². The fraction of sp³-hybridized carbons (Fsp3) is 0.500. The van der Waals surface area contributed by atoms with Gasteiger partial charge in [-0.3, -0.25) is 4.79 Å². The Balaban J connectivity index is 1.74. The van der Waals surface area contributed by atoms with Crippen LogP contribution in [0.2, 0.25) is 0 Å². The maximum absolute atomic E-state index is 13.0. The first-order chi connectivity index (χ1) is 15.1. The van der Waals surface area contributed by atoms with Crippen LogP contribution in [0.15, 0.2) is 24.3 Å². The quantitative estimate of drug-likeness (QED) is 0.397. The highest BCUT2D eigenvalue weighted by molar-refractivity contribution is 7.41. The van der Waals surface area contributed by atoms with Gasteiger partial charge in [-0.1, -0.05) is 14.6 Å². The third kappa shape index (κ3) is 4.07. The van der Waals surface area contributed by atoms with Crippen molar-refractivity contribution in [2.75, 3.05) is 20.8 Å². The largest absolute Gasteiger partial charge is 0.496 e. The molecule has 0 spiro atoms. The van der Waals surface area contributed by atoms with Gasteiger partial charge in [0.25, 0.3) is 0 Å². The van der Waals surface area contributed by atoms with E-state index in [0.29, 0.717) is 20.2 Å². The lowest BCUT2D eigenvalue weighted by Gasteiger charge is -2.26. The van der Waals surface area contributed by atoms with Crippen molar-refractivity contribution >= 4 is 14.6 Å². The molecule has 2 aliphatic carbocycles. The van der Waals surface area contributed by atoms with Crippen molar-refractivity contribution in [2.24, 2.45) is 0 Å². The first-order valence-corrected chi connectivity index (χ1v) is 12.6. The number of aryl methyl sites for hydroxylation is 2. The number of hydrogen-bond acceptors (Lipinski definition) is 4. The number of ether oxygens (including phenoxy) is 3. The highest BCUT2D eigenvalue weighted by Gasteiger charge is 2.38. The van der Waals surface area contributed by atoms with Gasteiger partial charge in [-0.15, -0.1) is 0 Å². The van der Waals surface area contributed by atoms with Gasteiger partial charge in [-0.25, -0.2) is 0 Å². The summed E-state index contributed by atoms with van der Waals surface area (Å²) in [6, 6.07) is 8.70. The number of rotatable bonds is 7. The third-order valence-electron chi connectivity index (χ3n) is 6.68. The Hall–Kier alpha value is -2.06. The Morgan fingerprint density at radius 3 is 2.65 bits per heavy atom. The SMILES string of the molecule is COC(=O)C(PC1CC1)c1c(C)cc(OC)c(C2CC2)c1-c1ccc2c(c1)CCCO2. The summed E-state index contributed by atoms with van der Waals surface area (Å²) < 4.78 is 17.1. The average Bonchev–Trinajstić information content (AvgIpc) is 3.71. The molecule has 0 amide bonds. The Labute approximate surface area is 186 Å². The highest BCUT2D eigenvalue weighted by atomic mass is 31.1. The van der Waals surface area contributed by atoms with Crippen LogP contribution in [0, 0.1) is 6.92 Å². The summed E-state index contributed by atoms with van der Waals surface area (Å²) in [5.41, 5.74) is 7.63. The zero-order chi connectivity index (χ0) is 21.5. The van der Waals surface area contributed by atoms with Gasteiger partial charge < -0.3 is 14.2 Å². The number of hydrogen-bond donors (Lipinski definition) is 0. The fourth-order valence-electron chi connectivity index (χ4n) is 4.84. The zero-order valence-electron chi connectivity index (χ0n) is 18.6. The summed E-state index contributed by atoms with van der Waals surface area (Å²) in [7, 11) is 3.84. The maximum Gasteiger partial charge on any atom is 0.317 e. The molecule has 164 valence electrons. The van der Waals surface area contributed by atoms with Crippen LogP contribution in [0.1, 0.15) is 65.9 Å². The molecule has 2 saturated carbocycles. The number of benzene rings is 2. The van der Waals surface area contributed by atoms with Gasteiger partial charge in [-0.05, 0) is 103 Å². The lowest BCUT2D eigenvalue weighted by atomic mass is 9.85. The Morgan fingerprint density at radius 1 is 1.16 bits per heavy atom. The van der Waals surface area contributed by atoms with Gasteiger partial charge >= 0.3 is 5.97 Å². The first-order valence-electron chi connectivity index (χ1n) is 11.4. The fourth-order valence-corrected chi connectivity index (χ4v) is 6.60. The van der Waals surface area contributed by atoms with Crippen LogP contribution >= 0.6 is 8.58 Å². The van der Waals surface area contributed by atoms with Gasteiger partial charge in [0.15, 0.2) is 0 Å². The van der Waals surface area contributed by atoms with E-state index in [9.17, 15) is 4.79 Å². The average molecular weight is 439 g/mol. The molecule has 2 atom stereocenters. The van der Waals surface area contributed by atoms with Crippen molar-refractivity contribution in [1.82, 2.24) is 0 Å². The predicted octanol–water partition coefficient (Wildman–Crippen LogP) is 5.93. The van der Waals surface area contributed by atoms with E-state index < -0.39 is 0 Å². The van der Waals surface area contributed by atoms with Gasteiger partial charge in [0.2, 0.25) is 0 Å². The van der Waals surface area contributed by atoms with Crippen LogP contribution in [0.25, 0.3) is 11.1 Å². The third-order valence-corrected chi connectivity index (χ3v) is 8.59. The monoisotopic (exact) mass is 438 g/mol. The Morgan fingerprint density at radius 2 is 1.97 bits per heavy atom. The minimum absolute atomic E-state index is 0.109. The Kier molecular flexibility index (Phi) is 5.69. The molecule has 5 heteroatoms. The molecule has 3 aliphatic rings. The van der Waals surface area contributed by atoms with E-state index in [1.54, 1.807) is 7.11 Å². The van der Waals surface area contributed by atoms with Crippen molar-refractivity contribution in [3.63, 3.8) is 0 Å². The standard InChI is InChI=1S/C26H31O4P/c1-15-13-21(28-2)23(16-6-7-16)24(18-8-11-20-17(14-18)5-4-12-30-20)22(15)25(26(27)29-3)31-19-9-10-19/h8,11,13-14,16,19,25,31H,4-7,9-10,12H2,1-3H3. The van der Waals surface area contributed by atoms with Crippen LogP contribution in [0.4, 0.5) is 0 Å². The van der Waals surface area contributed by atoms with Crippen molar-refractivity contribution in [1.29, 1.82) is 0 Å². The van der Waals surface area contributed by atoms with Gasteiger partial charge in [0, 0.05) is 5.56 Å². The topological polar surface area (TPSA) is 44.8 Å². The van der Waals surface area contributed by atoms with Gasteiger partial charge in [0.1, 0.15) is 11.5 Å². The molecule has 1 aliphatic heterocycles. The number of fused-ring (bicyclic) bond motifs is 1. The second-order valence-electron chi connectivity index (χ2n) is 9.04. The lowest BCUT2D eigenvalue weighted by molar-refractivity contribution is -0.140. The predicted molar refractivity (Wildman–Crippen MR) is 125 cm³/mol. The molecular weight excluding hydrogens is 407 g/mol. The second kappa shape index (κ2) is 8.47. The molecule has 4 nitrogen and oxygen atoms in total. The van der Waals surface area contributed by atoms with E-state index in [4.69, 9.17) is 14.2 Å². The van der Waals surface area contributed by atoms with Gasteiger partial charge in [-0.2, -0.15) is 0 Å². The molecule has 0 bridgehead atoms.